The van der Waals surface area contributed by atoms with Crippen LogP contribution in [0.25, 0.3) is 11.0 Å². The van der Waals surface area contributed by atoms with Crippen molar-refractivity contribution in [1.29, 1.82) is 5.26 Å². The second-order valence-electron chi connectivity index (χ2n) is 7.58. The average Bonchev–Trinajstić information content (AvgIpc) is 3.22. The first kappa shape index (κ1) is 18.8. The van der Waals surface area contributed by atoms with E-state index in [0.29, 0.717) is 30.3 Å². The minimum atomic E-state index is -0.132. The maximum absolute atomic E-state index is 12.8. The number of H-pyrrole nitrogens is 1. The number of hydrogen-bond acceptors (Lipinski definition) is 4. The minimum Gasteiger partial charge on any atom is -0.369 e. The molecule has 0 radical (unpaired) electrons. The summed E-state index contributed by atoms with van der Waals surface area (Å²) in [5.74, 6) is 0.452. The Morgan fingerprint density at radius 2 is 2.24 bits per heavy atom. The van der Waals surface area contributed by atoms with E-state index in [1.807, 2.05) is 29.4 Å². The van der Waals surface area contributed by atoms with Gasteiger partial charge in [0.05, 0.1) is 11.6 Å². The number of hydrogen-bond donors (Lipinski definition) is 2. The molecule has 3 aromatic rings. The number of likely N-dealkylation sites (N-methyl/N-ethyl adjacent to an activating group) is 1. The van der Waals surface area contributed by atoms with Gasteiger partial charge in [-0.05, 0) is 42.7 Å². The SMILES string of the molecule is C[C@@H]1CCN(C(=O)Nc2cccc(C#N)c2)C[C@@H]1N(C)c1ccnc2[nH]ccc12. The standard InChI is InChI=1S/C22H24N6O/c1-15-8-11-28(22(29)26-17-5-3-4-16(12-17)13-23)14-20(15)27(2)19-7-10-25-21-18(19)6-9-24-21/h3-7,9-10,12,15,20H,8,11,14H2,1-2H3,(H,24,25)(H,26,29)/t15-,20+/m1/s1. The Morgan fingerprint density at radius 1 is 1.38 bits per heavy atom. The van der Waals surface area contributed by atoms with E-state index < -0.39 is 0 Å². The number of carbonyl (C=O) groups is 1. The second kappa shape index (κ2) is 7.84. The third-order valence-electron chi connectivity index (χ3n) is 5.76. The van der Waals surface area contributed by atoms with Crippen LogP contribution in [-0.2, 0) is 0 Å². The number of aromatic amines is 1. The van der Waals surface area contributed by atoms with Crippen molar-refractivity contribution in [3.05, 3.63) is 54.4 Å². The molecule has 148 valence electrons. The molecule has 7 nitrogen and oxygen atoms in total. The van der Waals surface area contributed by atoms with E-state index in [-0.39, 0.29) is 12.1 Å². The predicted octanol–water partition coefficient (Wildman–Crippen LogP) is 3.81. The zero-order chi connectivity index (χ0) is 20.4. The molecule has 29 heavy (non-hydrogen) atoms. The Kier molecular flexibility index (Phi) is 5.09. The van der Waals surface area contributed by atoms with Crippen molar-refractivity contribution in [3.8, 4) is 6.07 Å². The first-order valence-electron chi connectivity index (χ1n) is 9.78. The molecule has 7 heteroatoms. The van der Waals surface area contributed by atoms with Crippen LogP contribution in [0.5, 0.6) is 0 Å². The molecule has 1 aromatic carbocycles. The lowest BCUT2D eigenvalue weighted by Gasteiger charge is -2.42. The maximum Gasteiger partial charge on any atom is 0.321 e. The van der Waals surface area contributed by atoms with Crippen LogP contribution in [0.1, 0.15) is 18.9 Å². The van der Waals surface area contributed by atoms with Crippen LogP contribution in [0.4, 0.5) is 16.2 Å². The number of likely N-dealkylation sites (tertiary alicyclic amines) is 1. The first-order chi connectivity index (χ1) is 14.1. The van der Waals surface area contributed by atoms with E-state index in [1.54, 1.807) is 24.3 Å². The second-order valence-corrected chi connectivity index (χ2v) is 7.58. The molecule has 3 heterocycles. The highest BCUT2D eigenvalue weighted by atomic mass is 16.2. The molecule has 4 rings (SSSR count). The number of piperidine rings is 1. The molecule has 2 N–H and O–H groups in total. The van der Waals surface area contributed by atoms with Crippen molar-refractivity contribution in [2.75, 3.05) is 30.4 Å². The minimum absolute atomic E-state index is 0.132. The number of aromatic nitrogens is 2. The van der Waals surface area contributed by atoms with Crippen molar-refractivity contribution < 1.29 is 4.79 Å². The monoisotopic (exact) mass is 388 g/mol. The van der Waals surface area contributed by atoms with E-state index >= 15 is 0 Å². The summed E-state index contributed by atoms with van der Waals surface area (Å²) in [4.78, 5) is 24.5. The molecule has 2 aromatic heterocycles. The Balaban J connectivity index is 1.51. The summed E-state index contributed by atoms with van der Waals surface area (Å²) in [6, 6.07) is 13.2. The van der Waals surface area contributed by atoms with Gasteiger partial charge < -0.3 is 20.1 Å². The summed E-state index contributed by atoms with van der Waals surface area (Å²) in [5.41, 5.74) is 3.14. The summed E-state index contributed by atoms with van der Waals surface area (Å²) < 4.78 is 0. The van der Waals surface area contributed by atoms with E-state index in [2.05, 4.69) is 40.2 Å². The zero-order valence-corrected chi connectivity index (χ0v) is 16.6. The number of amides is 2. The molecule has 2 amide bonds. The van der Waals surface area contributed by atoms with Crippen molar-refractivity contribution >= 4 is 28.4 Å². The smallest absolute Gasteiger partial charge is 0.321 e. The van der Waals surface area contributed by atoms with E-state index in [0.717, 1.165) is 23.1 Å². The van der Waals surface area contributed by atoms with Crippen LogP contribution in [0, 0.1) is 17.2 Å². The highest BCUT2D eigenvalue weighted by molar-refractivity contribution is 5.91. The van der Waals surface area contributed by atoms with E-state index in [1.165, 1.54) is 0 Å². The van der Waals surface area contributed by atoms with E-state index in [4.69, 9.17) is 5.26 Å². The summed E-state index contributed by atoms with van der Waals surface area (Å²) in [5, 5.41) is 13.1. The number of benzene rings is 1. The normalized spacial score (nSPS) is 19.0. The van der Waals surface area contributed by atoms with Crippen LogP contribution in [0.15, 0.2) is 48.8 Å². The summed E-state index contributed by atoms with van der Waals surface area (Å²) in [7, 11) is 2.08. The number of urea groups is 1. The van der Waals surface area contributed by atoms with Gasteiger partial charge in [-0.1, -0.05) is 13.0 Å². The summed E-state index contributed by atoms with van der Waals surface area (Å²) in [6.07, 6.45) is 4.64. The Bertz CT molecular complexity index is 1070. The Labute approximate surface area is 170 Å². The number of pyridine rings is 1. The van der Waals surface area contributed by atoms with Crippen LogP contribution in [0.3, 0.4) is 0 Å². The van der Waals surface area contributed by atoms with Crippen LogP contribution < -0.4 is 10.2 Å². The van der Waals surface area contributed by atoms with Gasteiger partial charge in [0.2, 0.25) is 0 Å². The molecule has 1 aliphatic heterocycles. The van der Waals surface area contributed by atoms with Gasteiger partial charge in [-0.15, -0.1) is 0 Å². The van der Waals surface area contributed by atoms with Gasteiger partial charge in [0.1, 0.15) is 5.65 Å². The third kappa shape index (κ3) is 3.74. The van der Waals surface area contributed by atoms with E-state index in [9.17, 15) is 4.79 Å². The molecule has 2 atom stereocenters. The number of nitrogens with zero attached hydrogens (tertiary/aromatic N) is 4. The lowest BCUT2D eigenvalue weighted by atomic mass is 9.92. The number of fused-ring (bicyclic) bond motifs is 1. The molecule has 0 spiro atoms. The molecule has 0 saturated carbocycles. The van der Waals surface area contributed by atoms with Gasteiger partial charge in [-0.25, -0.2) is 9.78 Å². The number of nitriles is 1. The number of anilines is 2. The highest BCUT2D eigenvalue weighted by Crippen LogP contribution is 2.30. The number of carbonyl (C=O) groups excluding carboxylic acids is 1. The van der Waals surface area contributed by atoms with Crippen LogP contribution in [0.2, 0.25) is 0 Å². The quantitative estimate of drug-likeness (QED) is 0.714. The van der Waals surface area contributed by atoms with Crippen molar-refractivity contribution in [2.45, 2.75) is 19.4 Å². The number of rotatable bonds is 3. The molecule has 0 aliphatic carbocycles. The van der Waals surface area contributed by atoms with Gasteiger partial charge in [0, 0.05) is 55.3 Å². The number of nitrogens with one attached hydrogen (secondary N) is 2. The Hall–Kier alpha value is -3.53. The van der Waals surface area contributed by atoms with Crippen LogP contribution >= 0.6 is 0 Å². The summed E-state index contributed by atoms with van der Waals surface area (Å²) >= 11 is 0. The highest BCUT2D eigenvalue weighted by Gasteiger charge is 2.32. The average molecular weight is 388 g/mol. The molecule has 1 saturated heterocycles. The fraction of sp³-hybridized carbons (Fsp3) is 0.318. The predicted molar refractivity (Wildman–Crippen MR) is 114 cm³/mol. The summed E-state index contributed by atoms with van der Waals surface area (Å²) in [6.45, 7) is 3.59. The Morgan fingerprint density at radius 3 is 3.07 bits per heavy atom. The fourth-order valence-corrected chi connectivity index (χ4v) is 4.04. The van der Waals surface area contributed by atoms with Gasteiger partial charge >= 0.3 is 6.03 Å². The largest absolute Gasteiger partial charge is 0.369 e. The van der Waals surface area contributed by atoms with Crippen LogP contribution in [-0.4, -0.2) is 47.1 Å². The van der Waals surface area contributed by atoms with Crippen molar-refractivity contribution in [1.82, 2.24) is 14.9 Å². The molecule has 1 fully saturated rings. The van der Waals surface area contributed by atoms with Crippen molar-refractivity contribution in [3.63, 3.8) is 0 Å². The first-order valence-corrected chi connectivity index (χ1v) is 9.78. The third-order valence-corrected chi connectivity index (χ3v) is 5.76. The lowest BCUT2D eigenvalue weighted by Crippen LogP contribution is -2.53. The fourth-order valence-electron chi connectivity index (χ4n) is 4.04. The van der Waals surface area contributed by atoms with Gasteiger partial charge in [-0.2, -0.15) is 5.26 Å². The van der Waals surface area contributed by atoms with Gasteiger partial charge in [0.15, 0.2) is 0 Å². The van der Waals surface area contributed by atoms with Gasteiger partial charge in [0.25, 0.3) is 0 Å². The molecule has 0 unspecified atom stereocenters. The molecule has 0 bridgehead atoms. The maximum atomic E-state index is 12.8. The zero-order valence-electron chi connectivity index (χ0n) is 16.6. The van der Waals surface area contributed by atoms with Gasteiger partial charge in [-0.3, -0.25) is 0 Å². The lowest BCUT2D eigenvalue weighted by molar-refractivity contribution is 0.172. The molecular weight excluding hydrogens is 364 g/mol. The molecule has 1 aliphatic rings. The molecular formula is C22H24N6O. The topological polar surface area (TPSA) is 88.1 Å². The van der Waals surface area contributed by atoms with Crippen molar-refractivity contribution in [2.24, 2.45) is 5.92 Å².